The van der Waals surface area contributed by atoms with Gasteiger partial charge in [-0.05, 0) is 38.1 Å². The van der Waals surface area contributed by atoms with Crippen molar-refractivity contribution in [3.05, 3.63) is 35.1 Å². The van der Waals surface area contributed by atoms with Gasteiger partial charge in [0.2, 0.25) is 0 Å². The van der Waals surface area contributed by atoms with Crippen LogP contribution in [0, 0.1) is 0 Å². The molecule has 0 saturated carbocycles. The van der Waals surface area contributed by atoms with Crippen molar-refractivity contribution in [1.29, 1.82) is 0 Å². The smallest absolute Gasteiger partial charge is 0.181 e. The molecule has 0 aliphatic carbocycles. The number of piperidine rings is 1. The Kier molecular flexibility index (Phi) is 3.30. The lowest BCUT2D eigenvalue weighted by Gasteiger charge is -2.19. The van der Waals surface area contributed by atoms with Gasteiger partial charge in [0, 0.05) is 16.5 Å². The maximum atomic E-state index is 5.98. The van der Waals surface area contributed by atoms with Crippen LogP contribution in [-0.4, -0.2) is 28.3 Å². The van der Waals surface area contributed by atoms with Gasteiger partial charge in [-0.25, -0.2) is 4.98 Å². The van der Waals surface area contributed by atoms with Crippen LogP contribution in [0.4, 0.5) is 0 Å². The molecular formula is C13H15ClN4. The van der Waals surface area contributed by atoms with Gasteiger partial charge in [-0.1, -0.05) is 23.7 Å². The Hall–Kier alpha value is -1.39. The molecule has 1 fully saturated rings. The van der Waals surface area contributed by atoms with Crippen LogP contribution >= 0.6 is 11.6 Å². The molecule has 2 N–H and O–H groups in total. The Labute approximate surface area is 111 Å². The molecule has 0 unspecified atom stereocenters. The van der Waals surface area contributed by atoms with E-state index in [0.29, 0.717) is 10.9 Å². The van der Waals surface area contributed by atoms with Gasteiger partial charge in [0.15, 0.2) is 5.82 Å². The van der Waals surface area contributed by atoms with Crippen molar-refractivity contribution >= 4 is 11.6 Å². The predicted octanol–water partition coefficient (Wildman–Crippen LogP) is 2.59. The van der Waals surface area contributed by atoms with Crippen LogP contribution in [0.5, 0.6) is 0 Å². The highest BCUT2D eigenvalue weighted by Gasteiger charge is 2.19. The molecule has 1 aliphatic heterocycles. The van der Waals surface area contributed by atoms with Crippen molar-refractivity contribution in [2.45, 2.75) is 18.8 Å². The maximum Gasteiger partial charge on any atom is 0.181 e. The second-order valence-corrected chi connectivity index (χ2v) is 5.02. The van der Waals surface area contributed by atoms with Crippen molar-refractivity contribution in [3.63, 3.8) is 0 Å². The molecule has 0 spiro atoms. The number of halogens is 1. The van der Waals surface area contributed by atoms with E-state index in [2.05, 4.69) is 20.5 Å². The highest BCUT2D eigenvalue weighted by Crippen LogP contribution is 2.25. The molecule has 1 aliphatic rings. The Morgan fingerprint density at radius 2 is 2.06 bits per heavy atom. The van der Waals surface area contributed by atoms with Crippen LogP contribution in [0.1, 0.15) is 24.6 Å². The SMILES string of the molecule is Clc1cccc(-c2n[nH]c(C3CCNCC3)n2)c1. The summed E-state index contributed by atoms with van der Waals surface area (Å²) in [5, 5.41) is 11.4. The summed E-state index contributed by atoms with van der Waals surface area (Å²) < 4.78 is 0. The van der Waals surface area contributed by atoms with Crippen molar-refractivity contribution in [2.24, 2.45) is 0 Å². The van der Waals surface area contributed by atoms with Gasteiger partial charge < -0.3 is 5.32 Å². The minimum absolute atomic E-state index is 0.492. The molecule has 1 aromatic carbocycles. The fourth-order valence-corrected chi connectivity index (χ4v) is 2.50. The average molecular weight is 263 g/mol. The highest BCUT2D eigenvalue weighted by molar-refractivity contribution is 6.30. The zero-order valence-electron chi connectivity index (χ0n) is 9.99. The highest BCUT2D eigenvalue weighted by atomic mass is 35.5. The van der Waals surface area contributed by atoms with Crippen molar-refractivity contribution in [3.8, 4) is 11.4 Å². The fraction of sp³-hybridized carbons (Fsp3) is 0.385. The van der Waals surface area contributed by atoms with Crippen LogP contribution < -0.4 is 5.32 Å². The summed E-state index contributed by atoms with van der Waals surface area (Å²) in [6, 6.07) is 7.63. The summed E-state index contributed by atoms with van der Waals surface area (Å²) in [5.74, 6) is 2.21. The fourth-order valence-electron chi connectivity index (χ4n) is 2.31. The summed E-state index contributed by atoms with van der Waals surface area (Å²) in [5.41, 5.74) is 0.957. The molecule has 1 saturated heterocycles. The topological polar surface area (TPSA) is 53.6 Å². The Balaban J connectivity index is 1.84. The summed E-state index contributed by atoms with van der Waals surface area (Å²) >= 11 is 5.98. The van der Waals surface area contributed by atoms with Gasteiger partial charge in [-0.3, -0.25) is 5.10 Å². The molecule has 1 aromatic heterocycles. The van der Waals surface area contributed by atoms with E-state index >= 15 is 0 Å². The van der Waals surface area contributed by atoms with E-state index in [1.54, 1.807) is 0 Å². The van der Waals surface area contributed by atoms with E-state index in [1.807, 2.05) is 24.3 Å². The van der Waals surface area contributed by atoms with Crippen molar-refractivity contribution in [2.75, 3.05) is 13.1 Å². The lowest BCUT2D eigenvalue weighted by Crippen LogP contribution is -2.27. The van der Waals surface area contributed by atoms with E-state index in [-0.39, 0.29) is 0 Å². The normalized spacial score (nSPS) is 16.9. The second kappa shape index (κ2) is 5.08. The molecule has 18 heavy (non-hydrogen) atoms. The van der Waals surface area contributed by atoms with E-state index in [0.717, 1.165) is 43.1 Å². The standard InChI is InChI=1S/C13H15ClN4/c14-11-3-1-2-10(8-11)13-16-12(17-18-13)9-4-6-15-7-5-9/h1-3,8-9,15H,4-7H2,(H,16,17,18). The molecule has 2 heterocycles. The van der Waals surface area contributed by atoms with Crippen LogP contribution in [0.25, 0.3) is 11.4 Å². The molecule has 0 radical (unpaired) electrons. The third kappa shape index (κ3) is 2.40. The predicted molar refractivity (Wildman–Crippen MR) is 71.7 cm³/mol. The van der Waals surface area contributed by atoms with Crippen LogP contribution in [0.2, 0.25) is 5.02 Å². The zero-order chi connectivity index (χ0) is 12.4. The summed E-state index contributed by atoms with van der Waals surface area (Å²) in [7, 11) is 0. The van der Waals surface area contributed by atoms with E-state index in [1.165, 1.54) is 0 Å². The maximum absolute atomic E-state index is 5.98. The van der Waals surface area contributed by atoms with Crippen LogP contribution in [0.15, 0.2) is 24.3 Å². The number of rotatable bonds is 2. The monoisotopic (exact) mass is 262 g/mol. The summed E-state index contributed by atoms with van der Waals surface area (Å²) in [4.78, 5) is 4.59. The first kappa shape index (κ1) is 11.7. The van der Waals surface area contributed by atoms with Crippen LogP contribution in [-0.2, 0) is 0 Å². The summed E-state index contributed by atoms with van der Waals surface area (Å²) in [6.45, 7) is 2.11. The first-order chi connectivity index (χ1) is 8.83. The number of hydrogen-bond donors (Lipinski definition) is 2. The average Bonchev–Trinajstić information content (AvgIpc) is 2.89. The first-order valence-corrected chi connectivity index (χ1v) is 6.60. The molecular weight excluding hydrogens is 248 g/mol. The lowest BCUT2D eigenvalue weighted by molar-refractivity contribution is 0.446. The second-order valence-electron chi connectivity index (χ2n) is 4.58. The number of H-pyrrole nitrogens is 1. The first-order valence-electron chi connectivity index (χ1n) is 6.22. The van der Waals surface area contributed by atoms with Gasteiger partial charge >= 0.3 is 0 Å². The number of nitrogens with one attached hydrogen (secondary N) is 2. The Bertz CT molecular complexity index is 531. The molecule has 94 valence electrons. The third-order valence-electron chi connectivity index (χ3n) is 3.31. The van der Waals surface area contributed by atoms with Crippen molar-refractivity contribution < 1.29 is 0 Å². The number of hydrogen-bond acceptors (Lipinski definition) is 3. The molecule has 3 rings (SSSR count). The minimum Gasteiger partial charge on any atom is -0.317 e. The van der Waals surface area contributed by atoms with Gasteiger partial charge in [0.1, 0.15) is 5.82 Å². The molecule has 0 amide bonds. The van der Waals surface area contributed by atoms with E-state index < -0.39 is 0 Å². The zero-order valence-corrected chi connectivity index (χ0v) is 10.7. The quantitative estimate of drug-likeness (QED) is 0.875. The van der Waals surface area contributed by atoms with Crippen molar-refractivity contribution in [1.82, 2.24) is 20.5 Å². The molecule has 5 heteroatoms. The lowest BCUT2D eigenvalue weighted by atomic mass is 9.98. The molecule has 0 atom stereocenters. The summed E-state index contributed by atoms with van der Waals surface area (Å²) in [6.07, 6.45) is 2.23. The van der Waals surface area contributed by atoms with Gasteiger partial charge in [0.05, 0.1) is 0 Å². The molecule has 2 aromatic rings. The Morgan fingerprint density at radius 1 is 1.22 bits per heavy atom. The third-order valence-corrected chi connectivity index (χ3v) is 3.55. The number of benzene rings is 1. The molecule has 0 bridgehead atoms. The Morgan fingerprint density at radius 3 is 2.83 bits per heavy atom. The van der Waals surface area contributed by atoms with E-state index in [9.17, 15) is 0 Å². The minimum atomic E-state index is 0.492. The number of aromatic amines is 1. The largest absolute Gasteiger partial charge is 0.317 e. The van der Waals surface area contributed by atoms with Crippen LogP contribution in [0.3, 0.4) is 0 Å². The van der Waals surface area contributed by atoms with Gasteiger partial charge in [0.25, 0.3) is 0 Å². The van der Waals surface area contributed by atoms with Gasteiger partial charge in [-0.2, -0.15) is 5.10 Å². The number of nitrogens with zero attached hydrogens (tertiary/aromatic N) is 2. The van der Waals surface area contributed by atoms with Gasteiger partial charge in [-0.15, -0.1) is 0 Å². The number of aromatic nitrogens is 3. The molecule has 4 nitrogen and oxygen atoms in total. The van der Waals surface area contributed by atoms with E-state index in [4.69, 9.17) is 11.6 Å².